The summed E-state index contributed by atoms with van der Waals surface area (Å²) in [6.45, 7) is 16.5. The predicted octanol–water partition coefficient (Wildman–Crippen LogP) is 15.4. The summed E-state index contributed by atoms with van der Waals surface area (Å²) < 4.78 is 42.9. The highest BCUT2D eigenvalue weighted by Gasteiger charge is 2.25. The van der Waals surface area contributed by atoms with Crippen LogP contribution in [0.5, 0.6) is 0 Å². The molecule has 0 aromatic rings. The molecule has 0 aliphatic rings. The van der Waals surface area contributed by atoms with Gasteiger partial charge in [-0.3, -0.25) is 29.7 Å². The van der Waals surface area contributed by atoms with E-state index in [9.17, 15) is 39.1 Å². The Morgan fingerprint density at radius 1 is 0.351 bits per heavy atom. The first-order valence-corrected chi connectivity index (χ1v) is 38.4. The molecule has 0 bridgehead atoms. The van der Waals surface area contributed by atoms with Crippen LogP contribution in [-0.2, 0) is 66.8 Å². The molecule has 5 unspecified atom stereocenters. The van der Waals surface area contributed by atoms with Gasteiger partial charge in [-0.15, -0.1) is 0 Å². The van der Waals surface area contributed by atoms with Gasteiger partial charge in [0.2, 0.25) is 0 Å². The van der Waals surface area contributed by atoms with E-state index in [1.165, 1.54) is 103 Å². The van der Waals surface area contributed by atoms with Gasteiger partial charge in [0.15, 0.2) is 0 Å². The molecule has 0 radical (unpaired) electrons. The van der Waals surface area contributed by atoms with E-state index in [4.69, 9.17) is 53.1 Å². The number of aliphatic hydroxyl groups excluding tert-OH is 2. The lowest BCUT2D eigenvalue weighted by Gasteiger charge is -2.27. The molecule has 0 fully saturated rings. The van der Waals surface area contributed by atoms with Crippen LogP contribution in [0.3, 0.4) is 0 Å². The number of ether oxygens (including phenoxy) is 8. The average Bonchev–Trinajstić information content (AvgIpc) is 2.26. The fourth-order valence-corrected chi connectivity index (χ4v) is 11.3. The summed E-state index contributed by atoms with van der Waals surface area (Å²) in [5.74, 6) is -1.94. The maximum absolute atomic E-state index is 13.0. The molecule has 0 rings (SSSR count). The number of unbranched alkanes of at least 4 members (excludes halogenated alkanes) is 20. The van der Waals surface area contributed by atoms with E-state index in [0.29, 0.717) is 39.0 Å². The first-order chi connectivity index (χ1) is 47.1. The van der Waals surface area contributed by atoms with Crippen LogP contribution in [0.4, 0.5) is 9.59 Å². The summed E-state index contributed by atoms with van der Waals surface area (Å²) >= 11 is 0. The van der Waals surface area contributed by atoms with Gasteiger partial charge in [0, 0.05) is 52.4 Å². The van der Waals surface area contributed by atoms with E-state index < -0.39 is 36.2 Å². The highest BCUT2D eigenvalue weighted by atomic mass is 17.1. The Morgan fingerprint density at radius 2 is 0.701 bits per heavy atom. The molecule has 97 heavy (non-hydrogen) atoms. The molecule has 0 amide bonds. The third kappa shape index (κ3) is 63.9. The van der Waals surface area contributed by atoms with Gasteiger partial charge in [0.05, 0.1) is 44.5 Å². The Labute approximate surface area is 587 Å². The van der Waals surface area contributed by atoms with Crippen LogP contribution in [0.1, 0.15) is 299 Å². The van der Waals surface area contributed by atoms with Gasteiger partial charge < -0.3 is 62.8 Å². The lowest BCUT2D eigenvalue weighted by atomic mass is 9.89. The molecule has 0 aromatic heterocycles. The van der Waals surface area contributed by atoms with Crippen LogP contribution in [0, 0.1) is 5.92 Å². The second kappa shape index (κ2) is 71.9. The van der Waals surface area contributed by atoms with Crippen LogP contribution in [-0.4, -0.2) is 208 Å². The van der Waals surface area contributed by atoms with Crippen molar-refractivity contribution >= 4 is 36.2 Å². The summed E-state index contributed by atoms with van der Waals surface area (Å²) in [7, 11) is 1.89. The molecule has 0 aliphatic carbocycles. The number of hydrogen-bond donors (Lipinski definition) is 4. The van der Waals surface area contributed by atoms with Crippen LogP contribution in [0.25, 0.3) is 0 Å². The zero-order valence-corrected chi connectivity index (χ0v) is 62.4. The number of nitrogens with zero attached hydrogens (tertiary/aromatic N) is 3. The van der Waals surface area contributed by atoms with E-state index in [0.717, 1.165) is 109 Å². The SMILES string of the molecule is CCCCCCCCC(CCC)OC(=O)OCCOC(=O)CCN(CCC(=O)OCCOO)CCN(C)CCN(CCC(=O)OCCO)CCC(=O)OCCOC(=O)OC(CCCCCCCC)CCC(CC)C(CCCCCCCC)OO.CCCCCCCCC(O)CCC. The smallest absolute Gasteiger partial charge is 0.463 e. The Hall–Kier alpha value is -3.94. The average molecular weight is 1390 g/mol. The molecule has 0 saturated heterocycles. The standard InChI is InChI=1S/C62H117N3O19.C12H26O/c1-7-12-15-18-21-24-28-54(27-10-4)82-61(71)79-49-47-76-59(69)35-39-65(40-36-60(70)78-51-52-81-73)44-42-63(6)41-43-64(37-33-57(67)75-46-45-66)38-34-58(68)77-48-50-80-62(72)83-55(29-25-22-19-16-13-8-2)32-31-53(11-5)56(84-74)30-26-23-20-17-14-9-3;1-3-5-6-7-8-9-11-12(13)10-4-2/h53-56,66,73-74H,7-52H2,1-6H3;12-13H,3-11H2,1-2H3. The molecule has 5 atom stereocenters. The minimum Gasteiger partial charge on any atom is -0.463 e. The van der Waals surface area contributed by atoms with Crippen molar-refractivity contribution in [1.82, 2.24) is 14.7 Å². The molecule has 0 spiro atoms. The first-order valence-electron chi connectivity index (χ1n) is 38.4. The second-order valence-corrected chi connectivity index (χ2v) is 25.9. The fraction of sp³-hybridized carbons (Fsp3) is 0.919. The minimum absolute atomic E-state index is 0.00672. The summed E-state index contributed by atoms with van der Waals surface area (Å²) in [5.41, 5.74) is 0. The zero-order valence-electron chi connectivity index (χ0n) is 62.4. The van der Waals surface area contributed by atoms with Crippen molar-refractivity contribution in [2.24, 2.45) is 5.92 Å². The number of rotatable bonds is 69. The van der Waals surface area contributed by atoms with Gasteiger partial charge in [-0.2, -0.15) is 0 Å². The van der Waals surface area contributed by atoms with Crippen molar-refractivity contribution in [3.63, 3.8) is 0 Å². The zero-order chi connectivity index (χ0) is 72.0. The van der Waals surface area contributed by atoms with Crippen molar-refractivity contribution < 1.29 is 97.2 Å². The maximum Gasteiger partial charge on any atom is 0.508 e. The van der Waals surface area contributed by atoms with Crippen molar-refractivity contribution in [2.75, 3.05) is 112 Å². The highest BCUT2D eigenvalue weighted by molar-refractivity contribution is 5.71. The molecule has 0 saturated carbocycles. The van der Waals surface area contributed by atoms with E-state index in [2.05, 4.69) is 46.4 Å². The second-order valence-electron chi connectivity index (χ2n) is 25.9. The summed E-state index contributed by atoms with van der Waals surface area (Å²) in [4.78, 5) is 90.9. The fourth-order valence-electron chi connectivity index (χ4n) is 11.3. The van der Waals surface area contributed by atoms with Gasteiger partial charge in [-0.1, -0.05) is 209 Å². The Bertz CT molecular complexity index is 1810. The van der Waals surface area contributed by atoms with Gasteiger partial charge in [0.25, 0.3) is 0 Å². The van der Waals surface area contributed by atoms with Gasteiger partial charge >= 0.3 is 36.2 Å². The van der Waals surface area contributed by atoms with Crippen LogP contribution >= 0.6 is 0 Å². The van der Waals surface area contributed by atoms with E-state index >= 15 is 0 Å². The number of hydrogen-bond acceptors (Lipinski definition) is 23. The highest BCUT2D eigenvalue weighted by Crippen LogP contribution is 2.26. The molecule has 23 nitrogen and oxygen atoms in total. The number of aliphatic hydroxyl groups is 2. The Balaban J connectivity index is 0. The molecule has 574 valence electrons. The number of esters is 4. The number of carbonyl (C=O) groups is 6. The van der Waals surface area contributed by atoms with Crippen molar-refractivity contribution in [2.45, 2.75) is 323 Å². The number of likely N-dealkylation sites (N-methyl/N-ethyl adjacent to an activating group) is 1. The predicted molar refractivity (Wildman–Crippen MR) is 379 cm³/mol. The topological polar surface area (TPSA) is 285 Å². The van der Waals surface area contributed by atoms with Gasteiger partial charge in [-0.05, 0) is 77.2 Å². The first kappa shape index (κ1) is 95.1. The maximum atomic E-state index is 13.0. The lowest BCUT2D eigenvalue weighted by Crippen LogP contribution is -2.40. The quantitative estimate of drug-likeness (QED) is 0.0145. The molecule has 0 heterocycles. The Morgan fingerprint density at radius 3 is 1.07 bits per heavy atom. The van der Waals surface area contributed by atoms with Gasteiger partial charge in [0.1, 0.15) is 58.5 Å². The molecule has 23 heteroatoms. The minimum atomic E-state index is -0.828. The molecule has 0 aliphatic heterocycles. The summed E-state index contributed by atoms with van der Waals surface area (Å²) in [6, 6.07) is 0. The third-order valence-electron chi connectivity index (χ3n) is 17.3. The van der Waals surface area contributed by atoms with Crippen molar-refractivity contribution in [3.8, 4) is 0 Å². The van der Waals surface area contributed by atoms with Crippen LogP contribution in [0.15, 0.2) is 0 Å². The van der Waals surface area contributed by atoms with Crippen LogP contribution in [0.2, 0.25) is 0 Å². The number of carbonyl (C=O) groups excluding carboxylic acids is 6. The normalized spacial score (nSPS) is 12.9. The Kier molecular flexibility index (Phi) is 70.5. The molecule has 4 N–H and O–H groups in total. The van der Waals surface area contributed by atoms with Crippen molar-refractivity contribution in [3.05, 3.63) is 0 Å². The summed E-state index contributed by atoms with van der Waals surface area (Å²) in [6.07, 6.45) is 34.9. The lowest BCUT2D eigenvalue weighted by molar-refractivity contribution is -0.292. The van der Waals surface area contributed by atoms with E-state index in [1.807, 2.05) is 28.7 Å². The van der Waals surface area contributed by atoms with Gasteiger partial charge in [-0.25, -0.2) is 19.4 Å². The third-order valence-corrected chi connectivity index (χ3v) is 17.3. The molecular formula is C74H143N3O20. The van der Waals surface area contributed by atoms with Crippen LogP contribution < -0.4 is 0 Å². The molecule has 0 aromatic carbocycles. The monoisotopic (exact) mass is 1390 g/mol. The summed E-state index contributed by atoms with van der Waals surface area (Å²) in [5, 5.41) is 37.0. The van der Waals surface area contributed by atoms with E-state index in [1.54, 1.807) is 0 Å². The van der Waals surface area contributed by atoms with E-state index in [-0.39, 0.29) is 135 Å². The van der Waals surface area contributed by atoms with Crippen molar-refractivity contribution in [1.29, 1.82) is 0 Å². The molecular weight excluding hydrogens is 1250 g/mol. The largest absolute Gasteiger partial charge is 0.508 e.